The highest BCUT2D eigenvalue weighted by Crippen LogP contribution is 2.45. The van der Waals surface area contributed by atoms with Gasteiger partial charge in [0.15, 0.2) is 11.5 Å². The summed E-state index contributed by atoms with van der Waals surface area (Å²) in [6.07, 6.45) is 4.46. The number of rotatable bonds is 7. The molecule has 1 N–H and O–H groups in total. The number of nitrogens with one attached hydrogen (secondary N) is 1. The van der Waals surface area contributed by atoms with E-state index in [9.17, 15) is 13.6 Å². The number of hydrogen-bond donors (Lipinski definition) is 1. The third kappa shape index (κ3) is 4.66. The lowest BCUT2D eigenvalue weighted by Gasteiger charge is -2.17. The number of ether oxygens (including phenoxy) is 2. The van der Waals surface area contributed by atoms with Gasteiger partial charge in [-0.3, -0.25) is 4.79 Å². The lowest BCUT2D eigenvalue weighted by Crippen LogP contribution is -2.33. The maximum atomic E-state index is 12.7. The maximum absolute atomic E-state index is 12.7. The number of halogens is 3. The number of hydrogen-bond acceptors (Lipinski definition) is 3. The summed E-state index contributed by atoms with van der Waals surface area (Å²) in [5, 5.41) is 3.00. The highest BCUT2D eigenvalue weighted by Gasteiger charge is 2.45. The Morgan fingerprint density at radius 1 is 1.22 bits per heavy atom. The van der Waals surface area contributed by atoms with Gasteiger partial charge >= 0.3 is 6.61 Å². The van der Waals surface area contributed by atoms with E-state index in [1.54, 1.807) is 12.1 Å². The molecule has 0 spiro atoms. The van der Waals surface area contributed by atoms with Crippen LogP contribution in [-0.2, 0) is 10.3 Å². The van der Waals surface area contributed by atoms with Gasteiger partial charge in [-0.25, -0.2) is 0 Å². The van der Waals surface area contributed by atoms with Crippen LogP contribution in [0.2, 0.25) is 0 Å². The molecule has 2 aromatic rings. The first kappa shape index (κ1) is 19.4. The summed E-state index contributed by atoms with van der Waals surface area (Å²) in [5.74, 6) is -0.235. The predicted molar refractivity (Wildman–Crippen MR) is 102 cm³/mol. The molecule has 0 radical (unpaired) electrons. The van der Waals surface area contributed by atoms with Crippen molar-refractivity contribution in [2.75, 3.05) is 7.11 Å². The molecule has 0 atom stereocenters. The van der Waals surface area contributed by atoms with E-state index in [0.717, 1.165) is 22.9 Å². The Bertz CT molecular complexity index is 849. The van der Waals surface area contributed by atoms with Crippen molar-refractivity contribution in [2.45, 2.75) is 25.0 Å². The van der Waals surface area contributed by atoms with Crippen molar-refractivity contribution in [2.24, 2.45) is 0 Å². The molecule has 0 heterocycles. The molecule has 2 aromatic carbocycles. The zero-order chi connectivity index (χ0) is 19.4. The van der Waals surface area contributed by atoms with E-state index in [0.29, 0.717) is 5.56 Å². The zero-order valence-electron chi connectivity index (χ0n) is 14.5. The van der Waals surface area contributed by atoms with E-state index >= 15 is 0 Å². The number of methoxy groups -OCH3 is 1. The number of carbonyl (C=O) groups is 1. The summed E-state index contributed by atoms with van der Waals surface area (Å²) < 4.78 is 35.9. The molecule has 3 rings (SSSR count). The minimum atomic E-state index is -2.99. The summed E-state index contributed by atoms with van der Waals surface area (Å²) in [7, 11) is 1.36. The van der Waals surface area contributed by atoms with Crippen LogP contribution in [0, 0.1) is 0 Å². The highest BCUT2D eigenvalue weighted by atomic mass is 79.9. The van der Waals surface area contributed by atoms with Crippen LogP contribution in [0.4, 0.5) is 8.78 Å². The summed E-state index contributed by atoms with van der Waals surface area (Å²) in [6.45, 7) is -2.99. The molecule has 7 heteroatoms. The van der Waals surface area contributed by atoms with Gasteiger partial charge in [0, 0.05) is 16.1 Å². The average Bonchev–Trinajstić information content (AvgIpc) is 3.41. The Hall–Kier alpha value is -2.41. The number of carbonyl (C=O) groups excluding carboxylic acids is 1. The Kier molecular flexibility index (Phi) is 5.79. The van der Waals surface area contributed by atoms with Gasteiger partial charge in [-0.2, -0.15) is 8.78 Å². The van der Waals surface area contributed by atoms with Gasteiger partial charge in [0.2, 0.25) is 5.91 Å². The minimum Gasteiger partial charge on any atom is -0.493 e. The Morgan fingerprint density at radius 3 is 2.52 bits per heavy atom. The molecule has 0 bridgehead atoms. The van der Waals surface area contributed by atoms with Crippen LogP contribution < -0.4 is 14.8 Å². The second-order valence-corrected chi connectivity index (χ2v) is 7.08. The molecule has 142 valence electrons. The molecular formula is C20H18BrF2NO3. The molecule has 1 aliphatic rings. The fourth-order valence-corrected chi connectivity index (χ4v) is 3.13. The van der Waals surface area contributed by atoms with Crippen molar-refractivity contribution in [1.82, 2.24) is 5.32 Å². The molecule has 4 nitrogen and oxygen atoms in total. The largest absolute Gasteiger partial charge is 0.493 e. The summed E-state index contributed by atoms with van der Waals surface area (Å²) in [5.41, 5.74) is 1.01. The van der Waals surface area contributed by atoms with Crippen molar-refractivity contribution < 1.29 is 23.0 Å². The van der Waals surface area contributed by atoms with E-state index in [-0.39, 0.29) is 22.9 Å². The zero-order valence-corrected chi connectivity index (χ0v) is 16.1. The van der Waals surface area contributed by atoms with Crippen molar-refractivity contribution >= 4 is 27.9 Å². The van der Waals surface area contributed by atoms with E-state index < -0.39 is 6.61 Å². The number of para-hydroxylation sites is 1. The monoisotopic (exact) mass is 437 g/mol. The standard InChI is InChI=1S/C20H18BrF2NO3/c1-26-16-4-2-3-13(18(16)27-19(22)23)5-10-17(25)24-20(11-12-20)14-6-8-15(21)9-7-14/h2-10,19H,11-12H2,1H3,(H,24,25)/b10-5+. The molecule has 1 amide bonds. The predicted octanol–water partition coefficient (Wildman–Crippen LogP) is 4.88. The van der Waals surface area contributed by atoms with Crippen molar-refractivity contribution in [3.63, 3.8) is 0 Å². The first-order chi connectivity index (χ1) is 12.9. The Morgan fingerprint density at radius 2 is 1.93 bits per heavy atom. The molecule has 1 aliphatic carbocycles. The average molecular weight is 438 g/mol. The quantitative estimate of drug-likeness (QED) is 0.628. The van der Waals surface area contributed by atoms with Crippen LogP contribution in [0.15, 0.2) is 53.0 Å². The van der Waals surface area contributed by atoms with E-state index in [2.05, 4.69) is 26.0 Å². The number of benzene rings is 2. The molecule has 0 aliphatic heterocycles. The van der Waals surface area contributed by atoms with Crippen LogP contribution in [0.5, 0.6) is 11.5 Å². The van der Waals surface area contributed by atoms with Gasteiger partial charge in [-0.1, -0.05) is 40.2 Å². The van der Waals surface area contributed by atoms with Crippen LogP contribution >= 0.6 is 15.9 Å². The summed E-state index contributed by atoms with van der Waals surface area (Å²) in [4.78, 5) is 12.4. The SMILES string of the molecule is COc1cccc(/C=C/C(=O)NC2(c3ccc(Br)cc3)CC2)c1OC(F)F. The van der Waals surface area contributed by atoms with Gasteiger partial charge in [0.25, 0.3) is 0 Å². The number of amides is 1. The third-order valence-corrected chi connectivity index (χ3v) is 4.89. The van der Waals surface area contributed by atoms with Gasteiger partial charge in [0.05, 0.1) is 12.6 Å². The van der Waals surface area contributed by atoms with Gasteiger partial charge in [0.1, 0.15) is 0 Å². The fraction of sp³-hybridized carbons (Fsp3) is 0.250. The minimum absolute atomic E-state index is 0.104. The maximum Gasteiger partial charge on any atom is 0.387 e. The summed E-state index contributed by atoms with van der Waals surface area (Å²) in [6, 6.07) is 12.5. The van der Waals surface area contributed by atoms with Crippen LogP contribution in [0.1, 0.15) is 24.0 Å². The van der Waals surface area contributed by atoms with Crippen LogP contribution in [-0.4, -0.2) is 19.6 Å². The highest BCUT2D eigenvalue weighted by molar-refractivity contribution is 9.10. The van der Waals surface area contributed by atoms with Gasteiger partial charge < -0.3 is 14.8 Å². The van der Waals surface area contributed by atoms with Crippen molar-refractivity contribution in [3.8, 4) is 11.5 Å². The van der Waals surface area contributed by atoms with E-state index in [1.807, 2.05) is 24.3 Å². The van der Waals surface area contributed by atoms with E-state index in [1.165, 1.54) is 25.3 Å². The fourth-order valence-electron chi connectivity index (χ4n) is 2.86. The second-order valence-electron chi connectivity index (χ2n) is 6.17. The van der Waals surface area contributed by atoms with Crippen molar-refractivity contribution in [3.05, 3.63) is 64.1 Å². The first-order valence-corrected chi connectivity index (χ1v) is 9.11. The van der Waals surface area contributed by atoms with E-state index in [4.69, 9.17) is 4.74 Å². The molecule has 1 fully saturated rings. The lowest BCUT2D eigenvalue weighted by molar-refractivity contribution is -0.117. The van der Waals surface area contributed by atoms with Crippen molar-refractivity contribution in [1.29, 1.82) is 0 Å². The molecule has 0 aromatic heterocycles. The van der Waals surface area contributed by atoms with Gasteiger partial charge in [-0.15, -0.1) is 0 Å². The summed E-state index contributed by atoms with van der Waals surface area (Å²) >= 11 is 3.40. The lowest BCUT2D eigenvalue weighted by atomic mass is 10.0. The molecular weight excluding hydrogens is 420 g/mol. The second kappa shape index (κ2) is 8.08. The third-order valence-electron chi connectivity index (χ3n) is 4.36. The molecule has 1 saturated carbocycles. The Balaban J connectivity index is 1.75. The van der Waals surface area contributed by atoms with Crippen LogP contribution in [0.3, 0.4) is 0 Å². The molecule has 27 heavy (non-hydrogen) atoms. The topological polar surface area (TPSA) is 47.6 Å². The Labute approximate surface area is 164 Å². The smallest absolute Gasteiger partial charge is 0.387 e. The normalized spacial score (nSPS) is 15.0. The van der Waals surface area contributed by atoms with Crippen LogP contribution in [0.25, 0.3) is 6.08 Å². The molecule has 0 unspecified atom stereocenters. The first-order valence-electron chi connectivity index (χ1n) is 8.31. The molecule has 0 saturated heterocycles. The van der Waals surface area contributed by atoms with Gasteiger partial charge in [-0.05, 0) is 42.7 Å². The number of alkyl halides is 2.